The molecule has 0 radical (unpaired) electrons. The summed E-state index contributed by atoms with van der Waals surface area (Å²) in [6.07, 6.45) is 16.5. The van der Waals surface area contributed by atoms with Crippen LogP contribution in [0.25, 0.3) is 0 Å². The van der Waals surface area contributed by atoms with Crippen molar-refractivity contribution in [2.45, 2.75) is 117 Å². The van der Waals surface area contributed by atoms with Crippen LogP contribution >= 0.6 is 0 Å². The van der Waals surface area contributed by atoms with Crippen LogP contribution in [0.4, 0.5) is 0 Å². The summed E-state index contributed by atoms with van der Waals surface area (Å²) >= 11 is 0. The van der Waals surface area contributed by atoms with Gasteiger partial charge in [-0.05, 0) is 26.7 Å². The van der Waals surface area contributed by atoms with Crippen LogP contribution in [-0.2, 0) is 9.47 Å². The minimum atomic E-state index is 0.359. The lowest BCUT2D eigenvalue weighted by atomic mass is 10.1. The second-order valence-electron chi connectivity index (χ2n) is 7.22. The lowest BCUT2D eigenvalue weighted by molar-refractivity contribution is 0.0371. The molecule has 0 heterocycles. The molecule has 1 N–H and O–H groups in total. The Hall–Kier alpha value is -0.120. The van der Waals surface area contributed by atoms with E-state index < -0.39 is 0 Å². The van der Waals surface area contributed by atoms with E-state index in [9.17, 15) is 0 Å². The van der Waals surface area contributed by atoms with E-state index in [1.807, 2.05) is 0 Å². The molecule has 2 unspecified atom stereocenters. The standard InChI is InChI=1S/C22H47NO2/c1-5-9-11-13-14-16-18-22(25-8-4)20-23-19-21(24-7-3)17-15-12-10-6-2/h21-23H,5-20H2,1-4H3. The fraction of sp³-hybridized carbons (Fsp3) is 1.00. The molecule has 152 valence electrons. The van der Waals surface area contributed by atoms with E-state index in [4.69, 9.17) is 9.47 Å². The van der Waals surface area contributed by atoms with Gasteiger partial charge in [-0.15, -0.1) is 0 Å². The summed E-state index contributed by atoms with van der Waals surface area (Å²) < 4.78 is 11.8. The van der Waals surface area contributed by atoms with Gasteiger partial charge in [0.25, 0.3) is 0 Å². The summed E-state index contributed by atoms with van der Waals surface area (Å²) in [4.78, 5) is 0. The van der Waals surface area contributed by atoms with E-state index in [1.165, 1.54) is 77.0 Å². The Morgan fingerprint density at radius 3 is 1.40 bits per heavy atom. The quantitative estimate of drug-likeness (QED) is 0.267. The minimum Gasteiger partial charge on any atom is -0.377 e. The van der Waals surface area contributed by atoms with Crippen molar-refractivity contribution in [1.82, 2.24) is 5.32 Å². The molecule has 0 fully saturated rings. The van der Waals surface area contributed by atoms with Gasteiger partial charge in [-0.1, -0.05) is 78.1 Å². The third-order valence-electron chi connectivity index (χ3n) is 4.81. The fourth-order valence-corrected chi connectivity index (χ4v) is 3.32. The molecule has 0 aromatic heterocycles. The Morgan fingerprint density at radius 1 is 0.560 bits per heavy atom. The van der Waals surface area contributed by atoms with Crippen LogP contribution in [0.3, 0.4) is 0 Å². The first-order valence-corrected chi connectivity index (χ1v) is 11.2. The first-order valence-electron chi connectivity index (χ1n) is 11.2. The summed E-state index contributed by atoms with van der Waals surface area (Å²) in [6.45, 7) is 12.3. The first kappa shape index (κ1) is 24.9. The van der Waals surface area contributed by atoms with E-state index in [1.54, 1.807) is 0 Å². The SMILES string of the molecule is CCCCCCCCC(CNCC(CCCCCC)OCC)OCC. The molecule has 0 aromatic rings. The molecule has 0 saturated carbocycles. The third-order valence-corrected chi connectivity index (χ3v) is 4.81. The van der Waals surface area contributed by atoms with Crippen LogP contribution in [0.15, 0.2) is 0 Å². The highest BCUT2D eigenvalue weighted by molar-refractivity contribution is 4.67. The zero-order valence-electron chi connectivity index (χ0n) is 17.8. The highest BCUT2D eigenvalue weighted by Gasteiger charge is 2.11. The van der Waals surface area contributed by atoms with Gasteiger partial charge in [0.05, 0.1) is 12.2 Å². The average Bonchev–Trinajstić information content (AvgIpc) is 2.61. The molecular formula is C22H47NO2. The molecular weight excluding hydrogens is 310 g/mol. The van der Waals surface area contributed by atoms with Crippen molar-refractivity contribution in [2.24, 2.45) is 0 Å². The highest BCUT2D eigenvalue weighted by atomic mass is 16.5. The summed E-state index contributed by atoms with van der Waals surface area (Å²) in [7, 11) is 0. The second-order valence-corrected chi connectivity index (χ2v) is 7.22. The Balaban J connectivity index is 3.87. The van der Waals surface area contributed by atoms with Gasteiger partial charge >= 0.3 is 0 Å². The molecule has 25 heavy (non-hydrogen) atoms. The molecule has 0 rings (SSSR count). The third kappa shape index (κ3) is 17.1. The van der Waals surface area contributed by atoms with Crippen LogP contribution < -0.4 is 5.32 Å². The van der Waals surface area contributed by atoms with E-state index in [0.717, 1.165) is 26.3 Å². The van der Waals surface area contributed by atoms with Crippen molar-refractivity contribution in [1.29, 1.82) is 0 Å². The minimum absolute atomic E-state index is 0.359. The molecule has 0 amide bonds. The molecule has 0 aliphatic carbocycles. The number of ether oxygens (including phenoxy) is 2. The van der Waals surface area contributed by atoms with Crippen molar-refractivity contribution in [3.8, 4) is 0 Å². The summed E-state index contributed by atoms with van der Waals surface area (Å²) in [6, 6.07) is 0. The largest absolute Gasteiger partial charge is 0.377 e. The maximum absolute atomic E-state index is 5.92. The van der Waals surface area contributed by atoms with Gasteiger partial charge in [-0.2, -0.15) is 0 Å². The molecule has 2 atom stereocenters. The maximum atomic E-state index is 5.92. The van der Waals surface area contributed by atoms with Crippen LogP contribution in [0, 0.1) is 0 Å². The highest BCUT2D eigenvalue weighted by Crippen LogP contribution is 2.11. The summed E-state index contributed by atoms with van der Waals surface area (Å²) in [5.41, 5.74) is 0. The van der Waals surface area contributed by atoms with E-state index >= 15 is 0 Å². The lowest BCUT2D eigenvalue weighted by Gasteiger charge is -2.21. The van der Waals surface area contributed by atoms with Gasteiger partial charge in [0.1, 0.15) is 0 Å². The molecule has 0 aliphatic rings. The van der Waals surface area contributed by atoms with Gasteiger partial charge in [-0.3, -0.25) is 0 Å². The zero-order valence-corrected chi connectivity index (χ0v) is 17.8. The van der Waals surface area contributed by atoms with Gasteiger partial charge < -0.3 is 14.8 Å². The number of rotatable bonds is 20. The van der Waals surface area contributed by atoms with Crippen LogP contribution in [0.5, 0.6) is 0 Å². The van der Waals surface area contributed by atoms with Crippen molar-refractivity contribution in [2.75, 3.05) is 26.3 Å². The number of nitrogens with one attached hydrogen (secondary N) is 1. The van der Waals surface area contributed by atoms with Crippen molar-refractivity contribution >= 4 is 0 Å². The van der Waals surface area contributed by atoms with Crippen LogP contribution in [-0.4, -0.2) is 38.5 Å². The average molecular weight is 358 g/mol. The van der Waals surface area contributed by atoms with Gasteiger partial charge in [-0.25, -0.2) is 0 Å². The number of hydrogen-bond donors (Lipinski definition) is 1. The van der Waals surface area contributed by atoms with Gasteiger partial charge in [0, 0.05) is 26.3 Å². The molecule has 0 aromatic carbocycles. The monoisotopic (exact) mass is 357 g/mol. The predicted molar refractivity (Wildman–Crippen MR) is 110 cm³/mol. The van der Waals surface area contributed by atoms with Gasteiger partial charge in [0.15, 0.2) is 0 Å². The number of unbranched alkanes of at least 4 members (excludes halogenated alkanes) is 8. The summed E-state index contributed by atoms with van der Waals surface area (Å²) in [5, 5.41) is 3.61. The zero-order chi connectivity index (χ0) is 18.6. The molecule has 3 heteroatoms. The first-order chi connectivity index (χ1) is 12.3. The lowest BCUT2D eigenvalue weighted by Crippen LogP contribution is -2.35. The van der Waals surface area contributed by atoms with Crippen molar-refractivity contribution < 1.29 is 9.47 Å². The summed E-state index contributed by atoms with van der Waals surface area (Å²) in [5.74, 6) is 0. The predicted octanol–water partition coefficient (Wildman–Crippen LogP) is 6.11. The second kappa shape index (κ2) is 20.2. The molecule has 0 saturated heterocycles. The van der Waals surface area contributed by atoms with Crippen molar-refractivity contribution in [3.63, 3.8) is 0 Å². The normalized spacial score (nSPS) is 13.9. The Morgan fingerprint density at radius 2 is 0.960 bits per heavy atom. The van der Waals surface area contributed by atoms with Crippen molar-refractivity contribution in [3.05, 3.63) is 0 Å². The topological polar surface area (TPSA) is 30.5 Å². The maximum Gasteiger partial charge on any atom is 0.0699 e. The Labute approximate surface area is 158 Å². The molecule has 3 nitrogen and oxygen atoms in total. The fourth-order valence-electron chi connectivity index (χ4n) is 3.32. The molecule has 0 spiro atoms. The number of hydrogen-bond acceptors (Lipinski definition) is 3. The Bertz CT molecular complexity index is 248. The van der Waals surface area contributed by atoms with Gasteiger partial charge in [0.2, 0.25) is 0 Å². The van der Waals surface area contributed by atoms with E-state index in [-0.39, 0.29) is 0 Å². The van der Waals surface area contributed by atoms with Crippen LogP contribution in [0.1, 0.15) is 105 Å². The molecule has 0 aliphatic heterocycles. The van der Waals surface area contributed by atoms with E-state index in [2.05, 4.69) is 33.0 Å². The van der Waals surface area contributed by atoms with Crippen LogP contribution in [0.2, 0.25) is 0 Å². The molecule has 0 bridgehead atoms. The van der Waals surface area contributed by atoms with E-state index in [0.29, 0.717) is 12.2 Å². The smallest absolute Gasteiger partial charge is 0.0699 e. The Kier molecular flexibility index (Phi) is 20.1.